The fourth-order valence-corrected chi connectivity index (χ4v) is 0.678. The lowest BCUT2D eigenvalue weighted by Gasteiger charge is -2.18. The van der Waals surface area contributed by atoms with Gasteiger partial charge in [-0.3, -0.25) is 0 Å². The molecule has 0 unspecified atom stereocenters. The number of aliphatic carboxylic acids is 1. The quantitative estimate of drug-likeness (QED) is 0.421. The van der Waals surface area contributed by atoms with Gasteiger partial charge in [0.2, 0.25) is 0 Å². The molecule has 0 bridgehead atoms. The van der Waals surface area contributed by atoms with Crippen molar-refractivity contribution in [3.63, 3.8) is 0 Å². The zero-order valence-corrected chi connectivity index (χ0v) is 9.15. The van der Waals surface area contributed by atoms with E-state index in [9.17, 15) is 9.59 Å². The van der Waals surface area contributed by atoms with Crippen LogP contribution in [0.1, 0.15) is 20.8 Å². The van der Waals surface area contributed by atoms with E-state index >= 15 is 0 Å². The van der Waals surface area contributed by atoms with E-state index in [1.807, 2.05) is 20.8 Å². The van der Waals surface area contributed by atoms with E-state index in [2.05, 4.69) is 4.74 Å². The topological polar surface area (TPSA) is 72.8 Å². The van der Waals surface area contributed by atoms with E-state index in [4.69, 9.17) is 9.84 Å². The normalized spacial score (nSPS) is 11.7. The molecule has 0 atom stereocenters. The minimum Gasteiger partial charge on any atom is -0.478 e. The van der Waals surface area contributed by atoms with Gasteiger partial charge in [-0.05, 0) is 20.8 Å². The number of ether oxygens (including phenoxy) is 2. The lowest BCUT2D eigenvalue weighted by Crippen LogP contribution is -2.22. The van der Waals surface area contributed by atoms with E-state index in [1.165, 1.54) is 0 Å². The molecule has 0 rings (SSSR count). The second kappa shape index (κ2) is 6.19. The maximum atomic E-state index is 10.8. The van der Waals surface area contributed by atoms with Crippen molar-refractivity contribution >= 4 is 11.9 Å². The second-order valence-electron chi connectivity index (χ2n) is 3.80. The Morgan fingerprint density at radius 3 is 2.27 bits per heavy atom. The molecule has 0 amide bonds. The Morgan fingerprint density at radius 2 is 1.80 bits per heavy atom. The lowest BCUT2D eigenvalue weighted by molar-refractivity contribution is -0.141. The van der Waals surface area contributed by atoms with Gasteiger partial charge in [0.05, 0.1) is 12.2 Å². The highest BCUT2D eigenvalue weighted by molar-refractivity contribution is 5.90. The number of carbonyl (C=O) groups is 2. The Labute approximate surface area is 88.7 Å². The molecule has 0 fully saturated rings. The maximum Gasteiger partial charge on any atom is 0.331 e. The molecule has 0 aromatic carbocycles. The summed E-state index contributed by atoms with van der Waals surface area (Å²) >= 11 is 0. The highest BCUT2D eigenvalue weighted by Crippen LogP contribution is 2.05. The molecule has 0 saturated heterocycles. The molecule has 5 nitrogen and oxygen atoms in total. The third-order valence-corrected chi connectivity index (χ3v) is 1.22. The minimum absolute atomic E-state index is 0.111. The van der Waals surface area contributed by atoms with Gasteiger partial charge >= 0.3 is 11.9 Å². The fraction of sp³-hybridized carbons (Fsp3) is 0.600. The third-order valence-electron chi connectivity index (χ3n) is 1.22. The van der Waals surface area contributed by atoms with E-state index in [1.54, 1.807) is 0 Å². The Bertz CT molecular complexity index is 249. The Morgan fingerprint density at radius 1 is 1.20 bits per heavy atom. The molecule has 86 valence electrons. The van der Waals surface area contributed by atoms with Crippen LogP contribution in [0.15, 0.2) is 12.2 Å². The van der Waals surface area contributed by atoms with Crippen LogP contribution in [0.5, 0.6) is 0 Å². The summed E-state index contributed by atoms with van der Waals surface area (Å²) in [7, 11) is 0. The summed E-state index contributed by atoms with van der Waals surface area (Å²) in [6.07, 6.45) is 1.59. The van der Waals surface area contributed by atoms with Gasteiger partial charge in [0.15, 0.2) is 0 Å². The monoisotopic (exact) mass is 216 g/mol. The zero-order chi connectivity index (χ0) is 11.9. The number of carbonyl (C=O) groups excluding carboxylic acids is 1. The molecule has 15 heavy (non-hydrogen) atoms. The molecule has 5 heteroatoms. The predicted molar refractivity (Wildman–Crippen MR) is 53.4 cm³/mol. The maximum absolute atomic E-state index is 10.8. The number of carboxylic acid groups (broad SMARTS) is 1. The van der Waals surface area contributed by atoms with E-state index in [0.717, 1.165) is 12.2 Å². The molecule has 1 N–H and O–H groups in total. The van der Waals surface area contributed by atoms with Gasteiger partial charge in [-0.25, -0.2) is 9.59 Å². The van der Waals surface area contributed by atoms with Gasteiger partial charge in [-0.1, -0.05) is 0 Å². The molecule has 0 aliphatic rings. The molecule has 0 aromatic heterocycles. The van der Waals surface area contributed by atoms with Gasteiger partial charge in [0.1, 0.15) is 6.61 Å². The van der Waals surface area contributed by atoms with Crippen LogP contribution in [0.3, 0.4) is 0 Å². The number of carboxylic acids is 1. The van der Waals surface area contributed by atoms with Gasteiger partial charge in [0.25, 0.3) is 0 Å². The summed E-state index contributed by atoms with van der Waals surface area (Å²) in [5.74, 6) is -1.87. The minimum atomic E-state index is -1.18. The molecule has 0 saturated carbocycles. The van der Waals surface area contributed by atoms with Crippen molar-refractivity contribution in [2.24, 2.45) is 0 Å². The van der Waals surface area contributed by atoms with Crippen molar-refractivity contribution in [1.29, 1.82) is 0 Å². The first-order valence-electron chi connectivity index (χ1n) is 4.53. The highest BCUT2D eigenvalue weighted by atomic mass is 16.6. The van der Waals surface area contributed by atoms with Crippen molar-refractivity contribution in [2.45, 2.75) is 26.4 Å². The smallest absolute Gasteiger partial charge is 0.331 e. The molecule has 0 spiro atoms. The molecule has 0 heterocycles. The van der Waals surface area contributed by atoms with Crippen LogP contribution in [0.25, 0.3) is 0 Å². The van der Waals surface area contributed by atoms with Gasteiger partial charge < -0.3 is 14.6 Å². The van der Waals surface area contributed by atoms with Crippen molar-refractivity contribution < 1.29 is 24.2 Å². The van der Waals surface area contributed by atoms with Crippen molar-refractivity contribution in [2.75, 3.05) is 13.2 Å². The van der Waals surface area contributed by atoms with Gasteiger partial charge in [0, 0.05) is 12.2 Å². The first kappa shape index (κ1) is 13.6. The largest absolute Gasteiger partial charge is 0.478 e. The van der Waals surface area contributed by atoms with E-state index < -0.39 is 11.9 Å². The predicted octanol–water partition coefficient (Wildman–Crippen LogP) is 0.985. The number of hydrogen-bond acceptors (Lipinski definition) is 4. The van der Waals surface area contributed by atoms with Gasteiger partial charge in [-0.15, -0.1) is 0 Å². The van der Waals surface area contributed by atoms with E-state index in [-0.39, 0.29) is 18.8 Å². The summed E-state index contributed by atoms with van der Waals surface area (Å²) in [6, 6.07) is 0. The van der Waals surface area contributed by atoms with E-state index in [0.29, 0.717) is 0 Å². The molecule has 0 aliphatic carbocycles. The first-order chi connectivity index (χ1) is 6.81. The van der Waals surface area contributed by atoms with Crippen LogP contribution < -0.4 is 0 Å². The summed E-state index contributed by atoms with van der Waals surface area (Å²) in [5.41, 5.74) is -0.274. The second-order valence-corrected chi connectivity index (χ2v) is 3.80. The number of rotatable bonds is 5. The standard InChI is InChI=1S/C10H16O5/c1-10(2,3)15-7-6-14-9(13)5-4-8(11)12/h4-5H,6-7H2,1-3H3,(H,11,12)/b5-4+. The number of esters is 1. The average Bonchev–Trinajstić information content (AvgIpc) is 2.07. The lowest BCUT2D eigenvalue weighted by atomic mass is 10.2. The van der Waals surface area contributed by atoms with Crippen LogP contribution in [-0.4, -0.2) is 35.9 Å². The van der Waals surface area contributed by atoms with Crippen LogP contribution in [0, 0.1) is 0 Å². The highest BCUT2D eigenvalue weighted by Gasteiger charge is 2.09. The SMILES string of the molecule is CC(C)(C)OCCOC(=O)/C=C/C(=O)O. The van der Waals surface area contributed by atoms with Crippen molar-refractivity contribution in [3.05, 3.63) is 12.2 Å². The summed E-state index contributed by atoms with van der Waals surface area (Å²) in [6.45, 7) is 6.06. The Hall–Kier alpha value is -1.36. The molecule has 0 aromatic rings. The summed E-state index contributed by atoms with van der Waals surface area (Å²) in [5, 5.41) is 8.22. The summed E-state index contributed by atoms with van der Waals surface area (Å²) < 4.78 is 9.96. The first-order valence-corrected chi connectivity index (χ1v) is 4.53. The van der Waals surface area contributed by atoms with Crippen molar-refractivity contribution in [3.8, 4) is 0 Å². The third kappa shape index (κ3) is 10.6. The van der Waals surface area contributed by atoms with Crippen LogP contribution in [0.2, 0.25) is 0 Å². The zero-order valence-electron chi connectivity index (χ0n) is 9.15. The molecule has 0 radical (unpaired) electrons. The molecular formula is C10H16O5. The molecule has 0 aliphatic heterocycles. The number of hydrogen-bond donors (Lipinski definition) is 1. The average molecular weight is 216 g/mol. The molecular weight excluding hydrogens is 200 g/mol. The summed E-state index contributed by atoms with van der Waals surface area (Å²) in [4.78, 5) is 20.9. The van der Waals surface area contributed by atoms with Crippen molar-refractivity contribution in [1.82, 2.24) is 0 Å². The van der Waals surface area contributed by atoms with Crippen LogP contribution in [-0.2, 0) is 19.1 Å². The van der Waals surface area contributed by atoms with Gasteiger partial charge in [-0.2, -0.15) is 0 Å². The Balaban J connectivity index is 3.61. The van der Waals surface area contributed by atoms with Crippen LogP contribution in [0.4, 0.5) is 0 Å². The fourth-order valence-electron chi connectivity index (χ4n) is 0.678. The Kier molecular flexibility index (Phi) is 5.62. The van der Waals surface area contributed by atoms with Crippen LogP contribution >= 0.6 is 0 Å².